The molecule has 0 radical (unpaired) electrons. The molecule has 2 fully saturated rings. The number of ether oxygens (including phenoxy) is 3. The number of fused-ring (bicyclic) bond motifs is 4. The molecule has 28 nitrogen and oxygen atoms in total. The number of carbonyl (C=O) groups excluding carboxylic acids is 10. The molecule has 5 heterocycles. The molecule has 1 unspecified atom stereocenters. The molecule has 0 spiro atoms. The van der Waals surface area contributed by atoms with E-state index in [1.807, 2.05) is 53.8 Å². The summed E-state index contributed by atoms with van der Waals surface area (Å²) >= 11 is 1.85. The first-order valence-corrected chi connectivity index (χ1v) is 31.4. The van der Waals surface area contributed by atoms with E-state index in [-0.39, 0.29) is 107 Å². The second-order valence-corrected chi connectivity index (χ2v) is 24.2. The van der Waals surface area contributed by atoms with Gasteiger partial charge >= 0.3 is 6.03 Å². The Morgan fingerprint density at radius 2 is 1.38 bits per heavy atom. The second-order valence-electron chi connectivity index (χ2n) is 23.0. The summed E-state index contributed by atoms with van der Waals surface area (Å²) in [6.45, 7) is 4.50. The second kappa shape index (κ2) is 34.6. The lowest BCUT2D eigenvalue weighted by Crippen LogP contribution is -2.60. The van der Waals surface area contributed by atoms with Crippen LogP contribution in [-0.2, 0) is 90.2 Å². The number of thioether (sulfide) groups is 1. The highest BCUT2D eigenvalue weighted by Crippen LogP contribution is 2.33. The fourth-order valence-corrected chi connectivity index (χ4v) is 12.4. The minimum absolute atomic E-state index is 0.0104. The summed E-state index contributed by atoms with van der Waals surface area (Å²) in [5.41, 5.74) is 14.0. The maximum atomic E-state index is 14.7. The zero-order valence-electron chi connectivity index (χ0n) is 50.6. The monoisotopic (exact) mass is 1260 g/mol. The van der Waals surface area contributed by atoms with Crippen LogP contribution in [0.4, 0.5) is 4.79 Å². The molecule has 484 valence electrons. The molecule has 2 saturated heterocycles. The molecule has 29 heteroatoms. The average molecular weight is 1260 g/mol. The summed E-state index contributed by atoms with van der Waals surface area (Å²) in [7, 11) is 1.85. The smallest absolute Gasteiger partial charge is 0.315 e. The topological polar surface area (TPSA) is 394 Å². The number of nitrogens with zero attached hydrogens (tertiary/aromatic N) is 4. The lowest BCUT2D eigenvalue weighted by atomic mass is 9.99. The van der Waals surface area contributed by atoms with Gasteiger partial charge in [0.25, 0.3) is 0 Å². The number of hydrogen-bond donors (Lipinski definition) is 11. The zero-order valence-corrected chi connectivity index (χ0v) is 51.4. The van der Waals surface area contributed by atoms with Gasteiger partial charge in [0, 0.05) is 80.1 Å². The molecular weight excluding hydrogens is 1170 g/mol. The van der Waals surface area contributed by atoms with Crippen LogP contribution in [0, 0.1) is 5.92 Å². The fourth-order valence-electron chi connectivity index (χ4n) is 10.9. The fraction of sp³-hybridized carbons (Fsp3) is 0.567. The summed E-state index contributed by atoms with van der Waals surface area (Å²) < 4.78 is 20.1. The molecule has 3 aliphatic rings. The van der Waals surface area contributed by atoms with Gasteiger partial charge in [-0.2, -0.15) is 11.8 Å². The first-order chi connectivity index (χ1) is 42.8. The van der Waals surface area contributed by atoms with Crippen LogP contribution in [0.2, 0.25) is 0 Å². The van der Waals surface area contributed by atoms with E-state index >= 15 is 0 Å². The zero-order chi connectivity index (χ0) is 63.8. The number of aryl methyl sites for hydroxylation is 2. The van der Waals surface area contributed by atoms with Gasteiger partial charge in [-0.15, -0.1) is 5.10 Å². The Morgan fingerprint density at radius 1 is 0.719 bits per heavy atom. The van der Waals surface area contributed by atoms with Crippen molar-refractivity contribution in [3.05, 3.63) is 83.8 Å². The summed E-state index contributed by atoms with van der Waals surface area (Å²) in [4.78, 5) is 135. The van der Waals surface area contributed by atoms with Crippen molar-refractivity contribution in [2.45, 2.75) is 151 Å². The maximum absolute atomic E-state index is 14.7. The summed E-state index contributed by atoms with van der Waals surface area (Å²) in [6, 6.07) is 8.35. The van der Waals surface area contributed by atoms with Crippen LogP contribution in [0.1, 0.15) is 88.5 Å². The Bertz CT molecular complexity index is 3070. The van der Waals surface area contributed by atoms with Crippen molar-refractivity contribution in [2.24, 2.45) is 24.4 Å². The summed E-state index contributed by atoms with van der Waals surface area (Å²) in [5.74, 6) is -6.05. The highest BCUT2D eigenvalue weighted by Gasteiger charge is 2.43. The number of para-hydroxylation sites is 1. The average Bonchev–Trinajstić information content (AvgIpc) is 1.98. The van der Waals surface area contributed by atoms with E-state index in [2.05, 4.69) is 58.2 Å². The number of nitrogens with two attached hydrogens (primary N) is 2. The van der Waals surface area contributed by atoms with Crippen LogP contribution >= 0.6 is 11.8 Å². The van der Waals surface area contributed by atoms with Gasteiger partial charge in [-0.1, -0.05) is 74.0 Å². The normalized spacial score (nSPS) is 23.2. The standard InChI is InChI=1S/C60H85N15O13S/c1-36(2)27-42-55(80)67-43(28-37-13-5-4-6-14-37)56(81)68-44(29-38-32-74(3)48-17-8-7-15-40(38)48)57(82)65-41(54(62)79)16-11-12-21-75-33-39(72-73-75)30-45(58(83)69-46(31-50(61)76)59(84)66-42)64-52(78)34-88-26-25-87-24-23-86-22-20-63-51(77)19-10-9-18-49-53-47(35-89-49)70-60(85)71-53/h4-8,13-15,17,32-33,36,41-47,49,53H,9-12,16,18-31,34-35H2,1-3H3,(H2,61,76)(H2,62,79)(H,63,77)(H,64,78)(H,65,82)(H,66,84)(H,67,80)(H,68,81)(H,69,83)(H2,70,71,85)/t41-,42+,43+,44-,45-,46+,47+,49?,53+/m0/s1. The first-order valence-electron chi connectivity index (χ1n) is 30.3. The molecule has 4 aromatic rings. The molecule has 2 aromatic carbocycles. The maximum Gasteiger partial charge on any atom is 0.315 e. The molecule has 13 N–H and O–H groups in total. The van der Waals surface area contributed by atoms with Crippen LogP contribution in [0.15, 0.2) is 67.0 Å². The number of unbranched alkanes of at least 4 members (excludes halogenated alkanes) is 1. The van der Waals surface area contributed by atoms with Crippen LogP contribution in [0.25, 0.3) is 10.9 Å². The molecule has 2 aromatic heterocycles. The number of carbonyl (C=O) groups is 10. The lowest BCUT2D eigenvalue weighted by Gasteiger charge is -2.28. The molecule has 89 heavy (non-hydrogen) atoms. The summed E-state index contributed by atoms with van der Waals surface area (Å²) in [6.07, 6.45) is 6.23. The number of benzene rings is 2. The molecule has 7 rings (SSSR count). The van der Waals surface area contributed by atoms with Crippen molar-refractivity contribution in [2.75, 3.05) is 51.9 Å². The van der Waals surface area contributed by atoms with Gasteiger partial charge in [-0.3, -0.25) is 47.8 Å². The molecule has 3 aliphatic heterocycles. The molecule has 9 atom stereocenters. The molecular formula is C60H85N15O13S. The Hall–Kier alpha value is -8.15. The molecule has 11 amide bonds. The lowest BCUT2D eigenvalue weighted by molar-refractivity contribution is -0.136. The predicted octanol–water partition coefficient (Wildman–Crippen LogP) is -0.811. The minimum Gasteiger partial charge on any atom is -0.377 e. The van der Waals surface area contributed by atoms with Crippen molar-refractivity contribution in [1.29, 1.82) is 0 Å². The van der Waals surface area contributed by atoms with Gasteiger partial charge in [0.15, 0.2) is 0 Å². The van der Waals surface area contributed by atoms with E-state index in [1.165, 1.54) is 4.68 Å². The Labute approximate surface area is 520 Å². The predicted molar refractivity (Wildman–Crippen MR) is 328 cm³/mol. The van der Waals surface area contributed by atoms with E-state index in [1.54, 1.807) is 50.4 Å². The Kier molecular flexibility index (Phi) is 26.5. The van der Waals surface area contributed by atoms with Crippen molar-refractivity contribution >= 4 is 81.9 Å². The van der Waals surface area contributed by atoms with Gasteiger partial charge in [0.2, 0.25) is 53.2 Å². The Morgan fingerprint density at radius 3 is 2.12 bits per heavy atom. The quantitative estimate of drug-likeness (QED) is 0.0271. The highest BCUT2D eigenvalue weighted by molar-refractivity contribution is 8.00. The molecule has 2 bridgehead atoms. The van der Waals surface area contributed by atoms with Crippen LogP contribution in [0.3, 0.4) is 0 Å². The SMILES string of the molecule is CC(C)C[C@H]1NC(=O)[C@@H](CC(N)=O)NC(=O)[C@@H](NC(=O)COCCOCCOCCNC(=O)CCCCC2SC[C@H]3NC(=O)N[C@@H]23)Cc2cn(nn2)CCCC[C@@H](C(N)=O)NC(=O)[C@H](Cc2cn(C)c3ccccc23)NC(=O)[C@@H](Cc2ccccc2)NC1=O. The number of primary amides is 2. The van der Waals surface area contributed by atoms with E-state index < -0.39 is 96.5 Å². The van der Waals surface area contributed by atoms with Crippen LogP contribution in [0.5, 0.6) is 0 Å². The van der Waals surface area contributed by atoms with Crippen molar-refractivity contribution < 1.29 is 62.2 Å². The number of hydrogen-bond acceptors (Lipinski definition) is 16. The number of nitrogens with one attached hydrogen (secondary N) is 9. The van der Waals surface area contributed by atoms with Crippen molar-refractivity contribution in [3.63, 3.8) is 0 Å². The van der Waals surface area contributed by atoms with Gasteiger partial charge in [-0.25, -0.2) is 4.79 Å². The van der Waals surface area contributed by atoms with Gasteiger partial charge in [0.1, 0.15) is 42.9 Å². The van der Waals surface area contributed by atoms with Gasteiger partial charge in [-0.05, 0) is 61.6 Å². The molecule has 0 saturated carbocycles. The van der Waals surface area contributed by atoms with E-state index in [0.29, 0.717) is 42.2 Å². The van der Waals surface area contributed by atoms with E-state index in [0.717, 1.165) is 35.9 Å². The van der Waals surface area contributed by atoms with Crippen LogP contribution < -0.4 is 59.3 Å². The number of rotatable bonds is 26. The van der Waals surface area contributed by atoms with Crippen molar-refractivity contribution in [1.82, 2.24) is 67.4 Å². The van der Waals surface area contributed by atoms with Crippen LogP contribution in [-0.4, -0.2) is 184 Å². The van der Waals surface area contributed by atoms with E-state index in [4.69, 9.17) is 25.7 Å². The van der Waals surface area contributed by atoms with Gasteiger partial charge < -0.3 is 78.1 Å². The first kappa shape index (κ1) is 68.3. The van der Waals surface area contributed by atoms with Gasteiger partial charge in [0.05, 0.1) is 57.2 Å². The third-order valence-electron chi connectivity index (χ3n) is 15.4. The van der Waals surface area contributed by atoms with E-state index in [9.17, 15) is 47.9 Å². The third kappa shape index (κ3) is 21.8. The third-order valence-corrected chi connectivity index (χ3v) is 16.9. The largest absolute Gasteiger partial charge is 0.377 e. The number of urea groups is 1. The van der Waals surface area contributed by atoms with Crippen molar-refractivity contribution in [3.8, 4) is 0 Å². The summed E-state index contributed by atoms with van der Waals surface area (Å²) in [5, 5.41) is 34.6. The highest BCUT2D eigenvalue weighted by atomic mass is 32.2. The number of amides is 11. The Balaban J connectivity index is 0.975. The molecule has 0 aliphatic carbocycles. The number of aromatic nitrogens is 4. The minimum atomic E-state index is -1.66.